The Kier molecular flexibility index (Phi) is 3.70. The third-order valence-electron chi connectivity index (χ3n) is 3.83. The van der Waals surface area contributed by atoms with Gasteiger partial charge in [-0.15, -0.1) is 5.10 Å². The normalized spacial score (nSPS) is 14.8. The van der Waals surface area contributed by atoms with Crippen molar-refractivity contribution < 1.29 is 9.90 Å². The van der Waals surface area contributed by atoms with Crippen LogP contribution in [0.25, 0.3) is 5.69 Å². The summed E-state index contributed by atoms with van der Waals surface area (Å²) in [5.74, 6) is 0.299. The van der Waals surface area contributed by atoms with Gasteiger partial charge in [-0.1, -0.05) is 17.7 Å². The first-order valence-corrected chi connectivity index (χ1v) is 7.12. The molecular weight excluding hydrogens is 268 g/mol. The van der Waals surface area contributed by atoms with Gasteiger partial charge in [0.1, 0.15) is 5.69 Å². The first-order chi connectivity index (χ1) is 10.2. The number of rotatable bonds is 4. The van der Waals surface area contributed by atoms with Crippen LogP contribution in [-0.4, -0.2) is 26.0 Å². The first-order valence-electron chi connectivity index (χ1n) is 7.12. The SMILES string of the molecule is CC(=O)Nc1cccc(-n2nnc(CO)c2C2CCC2)c1. The third kappa shape index (κ3) is 2.67. The number of hydrogen-bond donors (Lipinski definition) is 2. The van der Waals surface area contributed by atoms with Crippen LogP contribution in [0.2, 0.25) is 0 Å². The maximum absolute atomic E-state index is 11.2. The van der Waals surface area contributed by atoms with Gasteiger partial charge in [0.15, 0.2) is 0 Å². The number of nitrogens with zero attached hydrogens (tertiary/aromatic N) is 3. The molecule has 2 aromatic rings. The van der Waals surface area contributed by atoms with Gasteiger partial charge in [-0.3, -0.25) is 4.79 Å². The lowest BCUT2D eigenvalue weighted by atomic mass is 9.82. The summed E-state index contributed by atoms with van der Waals surface area (Å²) in [6.45, 7) is 1.38. The van der Waals surface area contributed by atoms with E-state index in [1.165, 1.54) is 13.3 Å². The lowest BCUT2D eigenvalue weighted by molar-refractivity contribution is -0.114. The molecule has 1 amide bonds. The molecule has 6 heteroatoms. The van der Waals surface area contributed by atoms with Crippen LogP contribution in [0.1, 0.15) is 43.5 Å². The lowest BCUT2D eigenvalue weighted by Gasteiger charge is -2.26. The minimum Gasteiger partial charge on any atom is -0.390 e. The molecule has 0 unspecified atom stereocenters. The zero-order valence-corrected chi connectivity index (χ0v) is 11.9. The van der Waals surface area contributed by atoms with Gasteiger partial charge < -0.3 is 10.4 Å². The molecule has 3 rings (SSSR count). The highest BCUT2D eigenvalue weighted by Gasteiger charge is 2.27. The van der Waals surface area contributed by atoms with E-state index in [1.54, 1.807) is 4.68 Å². The fourth-order valence-corrected chi connectivity index (χ4v) is 2.63. The largest absolute Gasteiger partial charge is 0.390 e. The van der Waals surface area contributed by atoms with Crippen molar-refractivity contribution in [2.45, 2.75) is 38.7 Å². The van der Waals surface area contributed by atoms with Gasteiger partial charge in [0.2, 0.25) is 5.91 Å². The summed E-state index contributed by atoms with van der Waals surface area (Å²) in [7, 11) is 0. The molecule has 1 aliphatic rings. The molecule has 1 aromatic heterocycles. The molecule has 0 spiro atoms. The molecule has 1 aromatic carbocycles. The number of benzene rings is 1. The number of aromatic nitrogens is 3. The molecule has 1 heterocycles. The molecule has 1 aliphatic carbocycles. The second-order valence-electron chi connectivity index (χ2n) is 5.35. The monoisotopic (exact) mass is 286 g/mol. The Labute approximate surface area is 122 Å². The molecule has 6 nitrogen and oxygen atoms in total. The summed E-state index contributed by atoms with van der Waals surface area (Å²) >= 11 is 0. The van der Waals surface area contributed by atoms with Crippen LogP contribution in [0, 0.1) is 0 Å². The average Bonchev–Trinajstić information content (AvgIpc) is 2.80. The standard InChI is InChI=1S/C15H18N4O2/c1-10(21)16-12-6-3-7-13(8-12)19-15(11-4-2-5-11)14(9-20)17-18-19/h3,6-8,11,20H,2,4-5,9H2,1H3,(H,16,21). The van der Waals surface area contributed by atoms with E-state index in [0.717, 1.165) is 29.9 Å². The molecule has 0 aliphatic heterocycles. The summed E-state index contributed by atoms with van der Waals surface area (Å²) in [6, 6.07) is 7.48. The summed E-state index contributed by atoms with van der Waals surface area (Å²) in [4.78, 5) is 11.2. The van der Waals surface area contributed by atoms with E-state index in [4.69, 9.17) is 0 Å². The highest BCUT2D eigenvalue weighted by atomic mass is 16.3. The Morgan fingerprint density at radius 3 is 2.90 bits per heavy atom. The molecule has 0 bridgehead atoms. The summed E-state index contributed by atoms with van der Waals surface area (Å²) in [5, 5.41) is 20.5. The van der Waals surface area contributed by atoms with E-state index in [1.807, 2.05) is 24.3 Å². The molecule has 0 saturated heterocycles. The van der Waals surface area contributed by atoms with E-state index in [-0.39, 0.29) is 12.5 Å². The lowest BCUT2D eigenvalue weighted by Crippen LogP contribution is -2.16. The smallest absolute Gasteiger partial charge is 0.221 e. The van der Waals surface area contributed by atoms with Crippen molar-refractivity contribution in [2.24, 2.45) is 0 Å². The van der Waals surface area contributed by atoms with Gasteiger partial charge in [-0.2, -0.15) is 0 Å². The second kappa shape index (κ2) is 5.65. The molecule has 21 heavy (non-hydrogen) atoms. The fraction of sp³-hybridized carbons (Fsp3) is 0.400. The first kappa shape index (κ1) is 13.8. The molecule has 0 radical (unpaired) electrons. The van der Waals surface area contributed by atoms with Gasteiger partial charge in [0, 0.05) is 18.5 Å². The molecular formula is C15H18N4O2. The Balaban J connectivity index is 2.00. The topological polar surface area (TPSA) is 80.0 Å². The van der Waals surface area contributed by atoms with E-state index in [9.17, 15) is 9.90 Å². The number of hydrogen-bond acceptors (Lipinski definition) is 4. The maximum Gasteiger partial charge on any atom is 0.221 e. The molecule has 1 saturated carbocycles. The number of nitrogens with one attached hydrogen (secondary N) is 1. The van der Waals surface area contributed by atoms with Crippen LogP contribution >= 0.6 is 0 Å². The number of aliphatic hydroxyl groups is 1. The van der Waals surface area contributed by atoms with Crippen LogP contribution in [0.15, 0.2) is 24.3 Å². The highest BCUT2D eigenvalue weighted by Crippen LogP contribution is 2.38. The maximum atomic E-state index is 11.2. The van der Waals surface area contributed by atoms with Gasteiger partial charge in [-0.25, -0.2) is 4.68 Å². The van der Waals surface area contributed by atoms with Crippen LogP contribution in [0.3, 0.4) is 0 Å². The van der Waals surface area contributed by atoms with Crippen molar-refractivity contribution >= 4 is 11.6 Å². The Morgan fingerprint density at radius 2 is 2.29 bits per heavy atom. The minimum atomic E-state index is -0.110. The van der Waals surface area contributed by atoms with Gasteiger partial charge in [-0.05, 0) is 31.0 Å². The van der Waals surface area contributed by atoms with E-state index in [2.05, 4.69) is 15.6 Å². The minimum absolute atomic E-state index is 0.1000. The molecule has 0 atom stereocenters. The Bertz CT molecular complexity index is 661. The summed E-state index contributed by atoms with van der Waals surface area (Å²) < 4.78 is 1.78. The van der Waals surface area contributed by atoms with E-state index in [0.29, 0.717) is 11.6 Å². The van der Waals surface area contributed by atoms with Crippen LogP contribution in [0.5, 0.6) is 0 Å². The average molecular weight is 286 g/mol. The number of carbonyl (C=O) groups excluding carboxylic acids is 1. The fourth-order valence-electron chi connectivity index (χ4n) is 2.63. The zero-order valence-electron chi connectivity index (χ0n) is 11.9. The van der Waals surface area contributed by atoms with Crippen LogP contribution in [-0.2, 0) is 11.4 Å². The number of aliphatic hydroxyl groups excluding tert-OH is 1. The summed E-state index contributed by atoms with van der Waals surface area (Å²) in [6.07, 6.45) is 3.41. The third-order valence-corrected chi connectivity index (χ3v) is 3.83. The summed E-state index contributed by atoms with van der Waals surface area (Å²) in [5.41, 5.74) is 3.20. The van der Waals surface area contributed by atoms with Crippen molar-refractivity contribution in [3.63, 3.8) is 0 Å². The van der Waals surface area contributed by atoms with E-state index >= 15 is 0 Å². The highest BCUT2D eigenvalue weighted by molar-refractivity contribution is 5.88. The zero-order chi connectivity index (χ0) is 14.8. The predicted octanol–water partition coefficient (Wildman–Crippen LogP) is 1.99. The Hall–Kier alpha value is -2.21. The number of carbonyl (C=O) groups is 1. The Morgan fingerprint density at radius 1 is 1.48 bits per heavy atom. The molecule has 110 valence electrons. The van der Waals surface area contributed by atoms with Gasteiger partial charge >= 0.3 is 0 Å². The molecule has 2 N–H and O–H groups in total. The second-order valence-corrected chi connectivity index (χ2v) is 5.35. The van der Waals surface area contributed by atoms with Gasteiger partial charge in [0.05, 0.1) is 18.0 Å². The van der Waals surface area contributed by atoms with Crippen LogP contribution < -0.4 is 5.32 Å². The van der Waals surface area contributed by atoms with Crippen molar-refractivity contribution in [2.75, 3.05) is 5.32 Å². The van der Waals surface area contributed by atoms with Crippen molar-refractivity contribution in [3.05, 3.63) is 35.7 Å². The van der Waals surface area contributed by atoms with Crippen molar-refractivity contribution in [1.29, 1.82) is 0 Å². The predicted molar refractivity (Wildman–Crippen MR) is 78.2 cm³/mol. The van der Waals surface area contributed by atoms with Crippen LogP contribution in [0.4, 0.5) is 5.69 Å². The van der Waals surface area contributed by atoms with Crippen molar-refractivity contribution in [3.8, 4) is 5.69 Å². The quantitative estimate of drug-likeness (QED) is 0.900. The molecule has 1 fully saturated rings. The van der Waals surface area contributed by atoms with Gasteiger partial charge in [0.25, 0.3) is 0 Å². The number of amides is 1. The number of anilines is 1. The van der Waals surface area contributed by atoms with E-state index < -0.39 is 0 Å². The van der Waals surface area contributed by atoms with Crippen molar-refractivity contribution in [1.82, 2.24) is 15.0 Å².